The molecule has 1 saturated heterocycles. The highest BCUT2D eigenvalue weighted by atomic mass is 16.3. The number of hydrogen-bond acceptors (Lipinski definition) is 4. The lowest BCUT2D eigenvalue weighted by molar-refractivity contribution is 0.0733. The summed E-state index contributed by atoms with van der Waals surface area (Å²) in [5.41, 5.74) is 2.07. The summed E-state index contributed by atoms with van der Waals surface area (Å²) >= 11 is 0. The SMILES string of the molecule is Cn1cc(C(=O)N2CCC[C@@H]2c2cc(CO)[nH]n2)cn1. The summed E-state index contributed by atoms with van der Waals surface area (Å²) in [7, 11) is 1.79. The number of carbonyl (C=O) groups excluding carboxylic acids is 1. The maximum Gasteiger partial charge on any atom is 0.257 e. The van der Waals surface area contributed by atoms with E-state index < -0.39 is 0 Å². The van der Waals surface area contributed by atoms with Gasteiger partial charge in [-0.05, 0) is 18.9 Å². The molecule has 0 aliphatic carbocycles. The first-order valence-corrected chi connectivity index (χ1v) is 6.63. The fourth-order valence-electron chi connectivity index (χ4n) is 2.65. The van der Waals surface area contributed by atoms with E-state index in [0.29, 0.717) is 11.3 Å². The Morgan fingerprint density at radius 1 is 1.60 bits per heavy atom. The van der Waals surface area contributed by atoms with Gasteiger partial charge >= 0.3 is 0 Å². The van der Waals surface area contributed by atoms with E-state index in [9.17, 15) is 4.79 Å². The number of aromatic nitrogens is 4. The number of nitrogens with one attached hydrogen (secondary N) is 1. The molecule has 2 N–H and O–H groups in total. The largest absolute Gasteiger partial charge is 0.390 e. The smallest absolute Gasteiger partial charge is 0.257 e. The Balaban J connectivity index is 1.83. The highest BCUT2D eigenvalue weighted by Gasteiger charge is 2.32. The molecule has 1 aliphatic heterocycles. The molecule has 0 aromatic carbocycles. The summed E-state index contributed by atoms with van der Waals surface area (Å²) in [5.74, 6) is -0.0193. The summed E-state index contributed by atoms with van der Waals surface area (Å²) in [6, 6.07) is 1.79. The minimum atomic E-state index is -0.0731. The second kappa shape index (κ2) is 5.09. The van der Waals surface area contributed by atoms with Crippen LogP contribution in [0.2, 0.25) is 0 Å². The lowest BCUT2D eigenvalue weighted by Crippen LogP contribution is -2.30. The van der Waals surface area contributed by atoms with E-state index in [1.807, 2.05) is 11.0 Å². The van der Waals surface area contributed by atoms with Crippen molar-refractivity contribution in [2.24, 2.45) is 7.05 Å². The molecule has 1 atom stereocenters. The van der Waals surface area contributed by atoms with Gasteiger partial charge in [-0.2, -0.15) is 10.2 Å². The van der Waals surface area contributed by atoms with Gasteiger partial charge in [0, 0.05) is 19.8 Å². The first kappa shape index (κ1) is 12.9. The molecule has 0 unspecified atom stereocenters. The minimum absolute atomic E-state index is 0.0193. The molecule has 2 aromatic rings. The molecule has 7 nitrogen and oxygen atoms in total. The van der Waals surface area contributed by atoms with Crippen LogP contribution in [0.5, 0.6) is 0 Å². The van der Waals surface area contributed by atoms with Gasteiger partial charge in [-0.3, -0.25) is 14.6 Å². The van der Waals surface area contributed by atoms with Crippen molar-refractivity contribution in [1.82, 2.24) is 24.9 Å². The van der Waals surface area contributed by atoms with Crippen LogP contribution in [0, 0.1) is 0 Å². The van der Waals surface area contributed by atoms with Crippen molar-refractivity contribution in [2.45, 2.75) is 25.5 Å². The molecule has 1 amide bonds. The molecule has 20 heavy (non-hydrogen) atoms. The van der Waals surface area contributed by atoms with Crippen molar-refractivity contribution < 1.29 is 9.90 Å². The first-order chi connectivity index (χ1) is 9.69. The Hall–Kier alpha value is -2.15. The molecule has 7 heteroatoms. The number of H-pyrrole nitrogens is 1. The van der Waals surface area contributed by atoms with Crippen molar-refractivity contribution in [3.63, 3.8) is 0 Å². The maximum absolute atomic E-state index is 12.5. The average Bonchev–Trinajstić information content (AvgIpc) is 3.17. The van der Waals surface area contributed by atoms with Crippen LogP contribution in [0.1, 0.15) is 40.6 Å². The van der Waals surface area contributed by atoms with Gasteiger partial charge in [0.25, 0.3) is 5.91 Å². The Kier molecular flexibility index (Phi) is 3.27. The van der Waals surface area contributed by atoms with Gasteiger partial charge in [0.05, 0.1) is 35.8 Å². The number of aliphatic hydroxyl groups is 1. The van der Waals surface area contributed by atoms with Crippen LogP contribution >= 0.6 is 0 Å². The monoisotopic (exact) mass is 275 g/mol. The molecule has 1 fully saturated rings. The van der Waals surface area contributed by atoms with Crippen LogP contribution in [0.3, 0.4) is 0 Å². The van der Waals surface area contributed by atoms with Gasteiger partial charge in [-0.1, -0.05) is 0 Å². The van der Waals surface area contributed by atoms with Gasteiger partial charge in [-0.15, -0.1) is 0 Å². The Morgan fingerprint density at radius 2 is 2.45 bits per heavy atom. The van der Waals surface area contributed by atoms with Crippen LogP contribution in [0.25, 0.3) is 0 Å². The van der Waals surface area contributed by atoms with Gasteiger partial charge in [-0.25, -0.2) is 0 Å². The standard InChI is InChI=1S/C13H17N5O2/c1-17-7-9(6-14-17)13(20)18-4-2-3-12(18)11-5-10(8-19)15-16-11/h5-7,12,19H,2-4,8H2,1H3,(H,15,16)/t12-/m1/s1. The normalized spacial score (nSPS) is 18.7. The maximum atomic E-state index is 12.5. The zero-order valence-electron chi connectivity index (χ0n) is 11.3. The molecule has 0 radical (unpaired) electrons. The predicted octanol–water partition coefficient (Wildman–Crippen LogP) is 0.613. The fourth-order valence-corrected chi connectivity index (χ4v) is 2.65. The Bertz CT molecular complexity index is 618. The number of carbonyl (C=O) groups is 1. The second-order valence-electron chi connectivity index (χ2n) is 5.04. The van der Waals surface area contributed by atoms with E-state index in [4.69, 9.17) is 5.11 Å². The van der Waals surface area contributed by atoms with E-state index in [1.165, 1.54) is 0 Å². The lowest BCUT2D eigenvalue weighted by Gasteiger charge is -2.22. The summed E-state index contributed by atoms with van der Waals surface area (Å²) in [6.45, 7) is 0.649. The van der Waals surface area contributed by atoms with Crippen LogP contribution < -0.4 is 0 Å². The number of aryl methyl sites for hydroxylation is 1. The molecule has 106 valence electrons. The molecule has 2 aromatic heterocycles. The molecule has 3 heterocycles. The van der Waals surface area contributed by atoms with Gasteiger partial charge < -0.3 is 10.0 Å². The van der Waals surface area contributed by atoms with Crippen molar-refractivity contribution >= 4 is 5.91 Å². The van der Waals surface area contributed by atoms with E-state index in [2.05, 4.69) is 15.3 Å². The molecular weight excluding hydrogens is 258 g/mol. The molecule has 0 saturated carbocycles. The Labute approximate surface area is 116 Å². The molecule has 0 spiro atoms. The van der Waals surface area contributed by atoms with E-state index >= 15 is 0 Å². The summed E-state index contributed by atoms with van der Waals surface area (Å²) < 4.78 is 1.62. The predicted molar refractivity (Wildman–Crippen MR) is 70.7 cm³/mol. The number of amides is 1. The number of nitrogens with zero attached hydrogens (tertiary/aromatic N) is 4. The topological polar surface area (TPSA) is 87.0 Å². The zero-order chi connectivity index (χ0) is 14.1. The van der Waals surface area contributed by atoms with Crippen molar-refractivity contribution in [1.29, 1.82) is 0 Å². The average molecular weight is 275 g/mol. The van der Waals surface area contributed by atoms with Gasteiger partial charge in [0.1, 0.15) is 0 Å². The number of aromatic amines is 1. The molecular formula is C13H17N5O2. The molecule has 0 bridgehead atoms. The van der Waals surface area contributed by atoms with E-state index in [-0.39, 0.29) is 18.6 Å². The number of hydrogen-bond donors (Lipinski definition) is 2. The summed E-state index contributed by atoms with van der Waals surface area (Å²) in [4.78, 5) is 14.3. The third kappa shape index (κ3) is 2.20. The number of rotatable bonds is 3. The van der Waals surface area contributed by atoms with Gasteiger partial charge in [0.2, 0.25) is 0 Å². The van der Waals surface area contributed by atoms with Crippen LogP contribution in [-0.4, -0.2) is 42.4 Å². The second-order valence-corrected chi connectivity index (χ2v) is 5.04. The van der Waals surface area contributed by atoms with Crippen molar-refractivity contribution in [3.05, 3.63) is 35.4 Å². The van der Waals surface area contributed by atoms with E-state index in [0.717, 1.165) is 25.1 Å². The van der Waals surface area contributed by atoms with Crippen LogP contribution in [-0.2, 0) is 13.7 Å². The van der Waals surface area contributed by atoms with Crippen molar-refractivity contribution in [3.8, 4) is 0 Å². The Morgan fingerprint density at radius 3 is 3.10 bits per heavy atom. The van der Waals surface area contributed by atoms with Gasteiger partial charge in [0.15, 0.2) is 0 Å². The molecule has 3 rings (SSSR count). The van der Waals surface area contributed by atoms with Crippen LogP contribution in [0.15, 0.2) is 18.5 Å². The van der Waals surface area contributed by atoms with E-state index in [1.54, 1.807) is 24.1 Å². The van der Waals surface area contributed by atoms with Crippen LogP contribution in [0.4, 0.5) is 0 Å². The highest BCUT2D eigenvalue weighted by molar-refractivity contribution is 5.94. The first-order valence-electron chi connectivity index (χ1n) is 6.63. The van der Waals surface area contributed by atoms with Crippen molar-refractivity contribution in [2.75, 3.05) is 6.54 Å². The third-order valence-corrected chi connectivity index (χ3v) is 3.63. The minimum Gasteiger partial charge on any atom is -0.390 e. The number of likely N-dealkylation sites (tertiary alicyclic amines) is 1. The summed E-state index contributed by atoms with van der Waals surface area (Å²) in [5, 5.41) is 20.1. The lowest BCUT2D eigenvalue weighted by atomic mass is 10.1. The quantitative estimate of drug-likeness (QED) is 0.859. The molecule has 1 aliphatic rings. The number of aliphatic hydroxyl groups excluding tert-OH is 1. The third-order valence-electron chi connectivity index (χ3n) is 3.63. The highest BCUT2D eigenvalue weighted by Crippen LogP contribution is 2.32. The summed E-state index contributed by atoms with van der Waals surface area (Å²) in [6.07, 6.45) is 5.16. The zero-order valence-corrected chi connectivity index (χ0v) is 11.3. The fraction of sp³-hybridized carbons (Fsp3) is 0.462.